The molecular formula is C22H34NO3Si. The lowest BCUT2D eigenvalue weighted by Gasteiger charge is -2.38. The van der Waals surface area contributed by atoms with E-state index in [0.29, 0.717) is 0 Å². The summed E-state index contributed by atoms with van der Waals surface area (Å²) in [4.78, 5) is 12.6. The Balaban J connectivity index is 2.13. The lowest BCUT2D eigenvalue weighted by atomic mass is 9.78. The van der Waals surface area contributed by atoms with E-state index in [-0.39, 0.29) is 29.4 Å². The number of benzene rings is 1. The minimum atomic E-state index is -0.867. The quantitative estimate of drug-likeness (QED) is 0.725. The second-order valence-corrected chi connectivity index (χ2v) is 11.9. The van der Waals surface area contributed by atoms with E-state index >= 15 is 0 Å². The average molecular weight is 389 g/mol. The van der Waals surface area contributed by atoms with Crippen molar-refractivity contribution < 1.29 is 14.0 Å². The third-order valence-electron chi connectivity index (χ3n) is 5.94. The summed E-state index contributed by atoms with van der Waals surface area (Å²) >= 11 is 0. The molecule has 1 amide bonds. The highest BCUT2D eigenvalue weighted by atomic mass is 28.3. The van der Waals surface area contributed by atoms with Gasteiger partial charge in [-0.1, -0.05) is 27.7 Å². The topological polar surface area (TPSA) is 47.6 Å². The molecule has 3 atom stereocenters. The first-order valence-corrected chi connectivity index (χ1v) is 12.4. The zero-order valence-electron chi connectivity index (χ0n) is 18.2. The Kier molecular flexibility index (Phi) is 5.01. The Hall–Kier alpha value is -1.33. The number of carbonyl (C=O) groups excluding carboxylic acids is 1. The molecule has 0 saturated heterocycles. The number of fused-ring (bicyclic) bond motifs is 3. The van der Waals surface area contributed by atoms with Gasteiger partial charge in [0.1, 0.15) is 11.9 Å². The molecule has 1 aromatic carbocycles. The molecule has 0 bridgehead atoms. The largest absolute Gasteiger partial charge is 0.486 e. The van der Waals surface area contributed by atoms with Crippen LogP contribution in [0.5, 0.6) is 5.75 Å². The van der Waals surface area contributed by atoms with Gasteiger partial charge in [-0.3, -0.25) is 4.79 Å². The number of hydrogen-bond acceptors (Lipinski definition) is 3. The maximum absolute atomic E-state index is 12.6. The minimum absolute atomic E-state index is 0.0165. The minimum Gasteiger partial charge on any atom is -0.486 e. The van der Waals surface area contributed by atoms with Crippen LogP contribution in [0.25, 0.3) is 0 Å². The van der Waals surface area contributed by atoms with Gasteiger partial charge in [-0.2, -0.15) is 0 Å². The van der Waals surface area contributed by atoms with Crippen LogP contribution in [0.1, 0.15) is 70.6 Å². The second kappa shape index (κ2) is 6.63. The molecule has 4 nitrogen and oxygen atoms in total. The molecular weight excluding hydrogens is 354 g/mol. The highest BCUT2D eigenvalue weighted by molar-refractivity contribution is 6.48. The lowest BCUT2D eigenvalue weighted by Crippen LogP contribution is -2.46. The standard InChI is InChI=1S/C22H34NO3Si/c1-10-13-14-11-12(2)16-15(22(6,7)20(24)23-16)17(14)25-18(13)19(21(3,4)5)26-27(8)9/h11,13,18-19H,10H2,1-9H3,(H,23,24). The number of rotatable bonds is 4. The number of ether oxygens (including phenoxy) is 1. The van der Waals surface area contributed by atoms with Crippen LogP contribution in [0.3, 0.4) is 0 Å². The van der Waals surface area contributed by atoms with Gasteiger partial charge in [0.05, 0.1) is 17.2 Å². The Morgan fingerprint density at radius 2 is 1.96 bits per heavy atom. The van der Waals surface area contributed by atoms with Crippen molar-refractivity contribution in [2.75, 3.05) is 5.32 Å². The predicted molar refractivity (Wildman–Crippen MR) is 112 cm³/mol. The Bertz CT molecular complexity index is 764. The molecule has 0 aliphatic carbocycles. The van der Waals surface area contributed by atoms with Crippen LogP contribution in [0.15, 0.2) is 6.07 Å². The summed E-state index contributed by atoms with van der Waals surface area (Å²) in [5.41, 5.74) is 3.71. The summed E-state index contributed by atoms with van der Waals surface area (Å²) in [6.07, 6.45) is 0.980. The fourth-order valence-electron chi connectivity index (χ4n) is 4.48. The van der Waals surface area contributed by atoms with Crippen LogP contribution in [0.2, 0.25) is 13.1 Å². The van der Waals surface area contributed by atoms with Crippen molar-refractivity contribution in [3.05, 3.63) is 22.8 Å². The summed E-state index contributed by atoms with van der Waals surface area (Å²) in [5.74, 6) is 1.24. The Morgan fingerprint density at radius 3 is 2.48 bits per heavy atom. The molecule has 0 spiro atoms. The molecule has 27 heavy (non-hydrogen) atoms. The highest BCUT2D eigenvalue weighted by Crippen LogP contribution is 2.54. The summed E-state index contributed by atoms with van der Waals surface area (Å²) in [5, 5.41) is 3.08. The first kappa shape index (κ1) is 20.4. The van der Waals surface area contributed by atoms with E-state index in [1.54, 1.807) is 0 Å². The summed E-state index contributed by atoms with van der Waals surface area (Å²) in [6, 6.07) is 2.22. The monoisotopic (exact) mass is 388 g/mol. The molecule has 2 aliphatic rings. The third-order valence-corrected chi connectivity index (χ3v) is 6.67. The van der Waals surface area contributed by atoms with Crippen LogP contribution < -0.4 is 10.1 Å². The smallest absolute Gasteiger partial charge is 0.234 e. The van der Waals surface area contributed by atoms with E-state index in [4.69, 9.17) is 9.16 Å². The summed E-state index contributed by atoms with van der Waals surface area (Å²) < 4.78 is 13.2. The van der Waals surface area contributed by atoms with E-state index in [2.05, 4.69) is 59.1 Å². The molecule has 2 aliphatic heterocycles. The van der Waals surface area contributed by atoms with Gasteiger partial charge in [-0.25, -0.2) is 0 Å². The van der Waals surface area contributed by atoms with Gasteiger partial charge in [-0.15, -0.1) is 0 Å². The molecule has 5 heteroatoms. The summed E-state index contributed by atoms with van der Waals surface area (Å²) in [7, 11) is -0.867. The molecule has 149 valence electrons. The molecule has 3 unspecified atom stereocenters. The number of aryl methyl sites for hydroxylation is 1. The highest BCUT2D eigenvalue weighted by Gasteiger charge is 2.50. The van der Waals surface area contributed by atoms with Gasteiger partial charge in [0.25, 0.3) is 0 Å². The third kappa shape index (κ3) is 3.23. The van der Waals surface area contributed by atoms with Crippen molar-refractivity contribution >= 4 is 20.6 Å². The van der Waals surface area contributed by atoms with Crippen molar-refractivity contribution in [3.63, 3.8) is 0 Å². The zero-order chi connectivity index (χ0) is 20.3. The van der Waals surface area contributed by atoms with E-state index in [0.717, 1.165) is 29.0 Å². The van der Waals surface area contributed by atoms with E-state index in [9.17, 15) is 4.79 Å². The average Bonchev–Trinajstić information content (AvgIpc) is 2.99. The molecule has 0 aromatic heterocycles. The van der Waals surface area contributed by atoms with E-state index in [1.807, 2.05) is 13.8 Å². The number of amides is 1. The van der Waals surface area contributed by atoms with Crippen molar-refractivity contribution in [2.45, 2.75) is 91.5 Å². The molecule has 1 radical (unpaired) electrons. The van der Waals surface area contributed by atoms with Crippen molar-refractivity contribution in [2.24, 2.45) is 5.41 Å². The second-order valence-electron chi connectivity index (χ2n) is 9.85. The Labute approximate surface area is 165 Å². The first-order valence-electron chi connectivity index (χ1n) is 10.0. The number of anilines is 1. The lowest BCUT2D eigenvalue weighted by molar-refractivity contribution is -0.119. The van der Waals surface area contributed by atoms with Crippen LogP contribution in [-0.4, -0.2) is 27.2 Å². The number of nitrogens with one attached hydrogen (secondary N) is 1. The van der Waals surface area contributed by atoms with Crippen LogP contribution in [0, 0.1) is 12.3 Å². The summed E-state index contributed by atoms with van der Waals surface area (Å²) in [6.45, 7) is 19.3. The van der Waals surface area contributed by atoms with Crippen LogP contribution in [0.4, 0.5) is 5.69 Å². The van der Waals surface area contributed by atoms with Crippen molar-refractivity contribution in [1.29, 1.82) is 0 Å². The van der Waals surface area contributed by atoms with Gasteiger partial charge >= 0.3 is 0 Å². The normalized spacial score (nSPS) is 24.4. The Morgan fingerprint density at radius 1 is 1.33 bits per heavy atom. The maximum Gasteiger partial charge on any atom is 0.234 e. The molecule has 3 rings (SSSR count). The zero-order valence-corrected chi connectivity index (χ0v) is 19.2. The number of carbonyl (C=O) groups is 1. The molecule has 0 saturated carbocycles. The molecule has 2 heterocycles. The van der Waals surface area contributed by atoms with Gasteiger partial charge in [0.2, 0.25) is 14.9 Å². The van der Waals surface area contributed by atoms with Gasteiger partial charge in [0, 0.05) is 17.0 Å². The van der Waals surface area contributed by atoms with Crippen LogP contribution in [-0.2, 0) is 14.6 Å². The van der Waals surface area contributed by atoms with E-state index < -0.39 is 14.5 Å². The number of hydrogen-bond donors (Lipinski definition) is 1. The van der Waals surface area contributed by atoms with Gasteiger partial charge in [-0.05, 0) is 57.3 Å². The van der Waals surface area contributed by atoms with E-state index in [1.165, 1.54) is 5.56 Å². The predicted octanol–water partition coefficient (Wildman–Crippen LogP) is 5.16. The SMILES string of the molecule is CCC1c2cc(C)c3c(c2OC1C(O[Si](C)C)C(C)(C)C)C(C)(C)C(=O)N3. The fraction of sp³-hybridized carbons (Fsp3) is 0.682. The van der Waals surface area contributed by atoms with Crippen molar-refractivity contribution in [1.82, 2.24) is 0 Å². The first-order chi connectivity index (χ1) is 12.4. The maximum atomic E-state index is 12.6. The molecule has 0 fully saturated rings. The van der Waals surface area contributed by atoms with Crippen LogP contribution >= 0.6 is 0 Å². The molecule has 1 aromatic rings. The molecule has 1 N–H and O–H groups in total. The van der Waals surface area contributed by atoms with Gasteiger partial charge in [0.15, 0.2) is 0 Å². The fourth-order valence-corrected chi connectivity index (χ4v) is 5.48. The van der Waals surface area contributed by atoms with Crippen molar-refractivity contribution in [3.8, 4) is 5.75 Å². The van der Waals surface area contributed by atoms with Gasteiger partial charge < -0.3 is 14.5 Å².